The van der Waals surface area contributed by atoms with Crippen molar-refractivity contribution in [3.63, 3.8) is 0 Å². The van der Waals surface area contributed by atoms with Gasteiger partial charge in [0, 0.05) is 15.4 Å². The van der Waals surface area contributed by atoms with Crippen molar-refractivity contribution < 1.29 is 9.90 Å². The SMILES string of the molecule is Cc1ccc(C(C)Nc2cc(C(=O)O)cc(C(C)C)n2)s1. The van der Waals surface area contributed by atoms with E-state index in [1.165, 1.54) is 9.75 Å². The lowest BCUT2D eigenvalue weighted by molar-refractivity contribution is 0.0696. The van der Waals surface area contributed by atoms with Crippen molar-refractivity contribution in [3.8, 4) is 0 Å². The smallest absolute Gasteiger partial charge is 0.335 e. The lowest BCUT2D eigenvalue weighted by atomic mass is 10.1. The van der Waals surface area contributed by atoms with Crippen LogP contribution in [-0.4, -0.2) is 16.1 Å². The second-order valence-electron chi connectivity index (χ2n) is 5.44. The Kier molecular flexibility index (Phi) is 4.63. The van der Waals surface area contributed by atoms with Gasteiger partial charge in [-0.25, -0.2) is 9.78 Å². The maximum absolute atomic E-state index is 11.2. The minimum Gasteiger partial charge on any atom is -0.478 e. The highest BCUT2D eigenvalue weighted by atomic mass is 32.1. The summed E-state index contributed by atoms with van der Waals surface area (Å²) in [5, 5.41) is 12.5. The minimum absolute atomic E-state index is 0.0975. The number of rotatable bonds is 5. The average molecular weight is 304 g/mol. The molecule has 1 atom stereocenters. The standard InChI is InChI=1S/C16H20N2O2S/c1-9(2)13-7-12(16(19)20)8-15(18-13)17-11(4)14-6-5-10(3)21-14/h5-9,11H,1-4H3,(H,17,18)(H,19,20). The Balaban J connectivity index is 2.28. The predicted octanol–water partition coefficient (Wildman–Crippen LogP) is 4.45. The van der Waals surface area contributed by atoms with Crippen LogP contribution in [0.5, 0.6) is 0 Å². The zero-order valence-electron chi connectivity index (χ0n) is 12.7. The van der Waals surface area contributed by atoms with Gasteiger partial charge in [0.05, 0.1) is 11.6 Å². The van der Waals surface area contributed by atoms with E-state index < -0.39 is 5.97 Å². The molecule has 0 spiro atoms. The van der Waals surface area contributed by atoms with Gasteiger partial charge in [-0.15, -0.1) is 11.3 Å². The van der Waals surface area contributed by atoms with E-state index in [1.807, 2.05) is 13.8 Å². The van der Waals surface area contributed by atoms with Crippen LogP contribution in [-0.2, 0) is 0 Å². The van der Waals surface area contributed by atoms with E-state index in [1.54, 1.807) is 23.5 Å². The van der Waals surface area contributed by atoms with Crippen LogP contribution in [0.3, 0.4) is 0 Å². The molecule has 0 fully saturated rings. The monoisotopic (exact) mass is 304 g/mol. The Morgan fingerprint density at radius 1 is 1.29 bits per heavy atom. The third-order valence-corrected chi connectivity index (χ3v) is 4.42. The number of anilines is 1. The van der Waals surface area contributed by atoms with Crippen molar-refractivity contribution in [1.29, 1.82) is 0 Å². The molecule has 1 unspecified atom stereocenters. The summed E-state index contributed by atoms with van der Waals surface area (Å²) in [7, 11) is 0. The number of aromatic nitrogens is 1. The van der Waals surface area contributed by atoms with Crippen LogP contribution in [0.15, 0.2) is 24.3 Å². The lowest BCUT2D eigenvalue weighted by Gasteiger charge is -2.15. The van der Waals surface area contributed by atoms with Crippen molar-refractivity contribution in [2.45, 2.75) is 39.7 Å². The molecule has 0 aromatic carbocycles. The molecule has 0 aliphatic heterocycles. The van der Waals surface area contributed by atoms with Crippen LogP contribution in [0, 0.1) is 6.92 Å². The summed E-state index contributed by atoms with van der Waals surface area (Å²) in [6.07, 6.45) is 0. The summed E-state index contributed by atoms with van der Waals surface area (Å²) in [5.41, 5.74) is 1.05. The maximum Gasteiger partial charge on any atom is 0.335 e. The Labute approximate surface area is 128 Å². The minimum atomic E-state index is -0.929. The van der Waals surface area contributed by atoms with Gasteiger partial charge in [-0.2, -0.15) is 0 Å². The number of carbonyl (C=O) groups is 1. The van der Waals surface area contributed by atoms with Crippen molar-refractivity contribution in [3.05, 3.63) is 45.3 Å². The number of aromatic carboxylic acids is 1. The first-order chi connectivity index (χ1) is 9.86. The Hall–Kier alpha value is -1.88. The molecular weight excluding hydrogens is 284 g/mol. The number of hydrogen-bond acceptors (Lipinski definition) is 4. The van der Waals surface area contributed by atoms with E-state index in [0.717, 1.165) is 5.69 Å². The van der Waals surface area contributed by atoms with Gasteiger partial charge in [0.1, 0.15) is 5.82 Å². The zero-order chi connectivity index (χ0) is 15.6. The van der Waals surface area contributed by atoms with E-state index in [0.29, 0.717) is 5.82 Å². The molecule has 0 amide bonds. The first kappa shape index (κ1) is 15.5. The fourth-order valence-corrected chi connectivity index (χ4v) is 2.90. The van der Waals surface area contributed by atoms with E-state index >= 15 is 0 Å². The lowest BCUT2D eigenvalue weighted by Crippen LogP contribution is -2.10. The summed E-state index contributed by atoms with van der Waals surface area (Å²) in [4.78, 5) is 18.2. The number of pyridine rings is 1. The summed E-state index contributed by atoms with van der Waals surface area (Å²) in [6.45, 7) is 8.13. The zero-order valence-corrected chi connectivity index (χ0v) is 13.5. The molecule has 0 radical (unpaired) electrons. The molecule has 2 aromatic rings. The topological polar surface area (TPSA) is 62.2 Å². The summed E-state index contributed by atoms with van der Waals surface area (Å²) in [5.74, 6) is -0.136. The summed E-state index contributed by atoms with van der Waals surface area (Å²) >= 11 is 1.73. The third-order valence-electron chi connectivity index (χ3n) is 3.24. The average Bonchev–Trinajstić information content (AvgIpc) is 2.85. The molecule has 2 heterocycles. The molecule has 2 aromatic heterocycles. The van der Waals surface area contributed by atoms with Crippen LogP contribution in [0.2, 0.25) is 0 Å². The molecule has 0 saturated carbocycles. The number of nitrogens with one attached hydrogen (secondary N) is 1. The predicted molar refractivity (Wildman–Crippen MR) is 86.4 cm³/mol. The van der Waals surface area contributed by atoms with Gasteiger partial charge < -0.3 is 10.4 Å². The number of aryl methyl sites for hydroxylation is 1. The second-order valence-corrected chi connectivity index (χ2v) is 6.76. The first-order valence-electron chi connectivity index (χ1n) is 6.95. The number of hydrogen-bond donors (Lipinski definition) is 2. The normalized spacial score (nSPS) is 12.4. The first-order valence-corrected chi connectivity index (χ1v) is 7.76. The van der Waals surface area contributed by atoms with Gasteiger partial charge >= 0.3 is 5.97 Å². The highest BCUT2D eigenvalue weighted by Crippen LogP contribution is 2.26. The Bertz CT molecular complexity index is 649. The van der Waals surface area contributed by atoms with E-state index in [2.05, 4.69) is 36.3 Å². The molecule has 5 heteroatoms. The highest BCUT2D eigenvalue weighted by Gasteiger charge is 2.13. The third kappa shape index (κ3) is 3.82. The van der Waals surface area contributed by atoms with Crippen LogP contribution in [0.25, 0.3) is 0 Å². The fraction of sp³-hybridized carbons (Fsp3) is 0.375. The molecule has 2 N–H and O–H groups in total. The Morgan fingerprint density at radius 2 is 2.00 bits per heavy atom. The quantitative estimate of drug-likeness (QED) is 0.857. The van der Waals surface area contributed by atoms with Gasteiger partial charge in [-0.3, -0.25) is 0 Å². The highest BCUT2D eigenvalue weighted by molar-refractivity contribution is 7.12. The van der Waals surface area contributed by atoms with Gasteiger partial charge in [-0.1, -0.05) is 13.8 Å². The molecule has 4 nitrogen and oxygen atoms in total. The van der Waals surface area contributed by atoms with Crippen molar-refractivity contribution in [2.24, 2.45) is 0 Å². The van der Waals surface area contributed by atoms with Crippen LogP contribution < -0.4 is 5.32 Å². The van der Waals surface area contributed by atoms with Crippen molar-refractivity contribution in [2.75, 3.05) is 5.32 Å². The Morgan fingerprint density at radius 3 is 2.52 bits per heavy atom. The molecule has 0 aliphatic carbocycles. The molecule has 0 bridgehead atoms. The van der Waals surface area contributed by atoms with E-state index in [-0.39, 0.29) is 17.5 Å². The maximum atomic E-state index is 11.2. The molecule has 112 valence electrons. The number of nitrogens with zero attached hydrogens (tertiary/aromatic N) is 1. The number of carboxylic acid groups (broad SMARTS) is 1. The number of thiophene rings is 1. The molecule has 2 rings (SSSR count). The van der Waals surface area contributed by atoms with Gasteiger partial charge in [0.25, 0.3) is 0 Å². The summed E-state index contributed by atoms with van der Waals surface area (Å²) in [6, 6.07) is 7.49. The van der Waals surface area contributed by atoms with E-state index in [9.17, 15) is 9.90 Å². The van der Waals surface area contributed by atoms with Crippen molar-refractivity contribution in [1.82, 2.24) is 4.98 Å². The van der Waals surface area contributed by atoms with Gasteiger partial charge in [-0.05, 0) is 44.0 Å². The fourth-order valence-electron chi connectivity index (χ4n) is 2.02. The van der Waals surface area contributed by atoms with Crippen molar-refractivity contribution >= 4 is 23.1 Å². The van der Waals surface area contributed by atoms with Crippen LogP contribution in [0.1, 0.15) is 58.5 Å². The second kappa shape index (κ2) is 6.26. The largest absolute Gasteiger partial charge is 0.478 e. The van der Waals surface area contributed by atoms with Crippen LogP contribution >= 0.6 is 11.3 Å². The molecule has 0 aliphatic rings. The molecule has 21 heavy (non-hydrogen) atoms. The van der Waals surface area contributed by atoms with Gasteiger partial charge in [0.2, 0.25) is 0 Å². The van der Waals surface area contributed by atoms with Gasteiger partial charge in [0.15, 0.2) is 0 Å². The molecule has 0 saturated heterocycles. The van der Waals surface area contributed by atoms with E-state index in [4.69, 9.17) is 0 Å². The number of carboxylic acids is 1. The molecular formula is C16H20N2O2S. The van der Waals surface area contributed by atoms with Crippen LogP contribution in [0.4, 0.5) is 5.82 Å². The summed E-state index contributed by atoms with van der Waals surface area (Å²) < 4.78 is 0.